The van der Waals surface area contributed by atoms with E-state index in [1.54, 1.807) is 0 Å². The fourth-order valence-corrected chi connectivity index (χ4v) is 3.49. The molecule has 0 amide bonds. The van der Waals surface area contributed by atoms with Gasteiger partial charge in [-0.1, -0.05) is 0 Å². The van der Waals surface area contributed by atoms with Gasteiger partial charge < -0.3 is 0 Å². The summed E-state index contributed by atoms with van der Waals surface area (Å²) in [6, 6.07) is 1.36. The molecule has 8 nitrogen and oxygen atoms in total. The van der Waals surface area contributed by atoms with E-state index in [0.717, 1.165) is 12.4 Å². The number of nitro groups is 1. The zero-order valence-electron chi connectivity index (χ0n) is 8.98. The highest BCUT2D eigenvalue weighted by molar-refractivity contribution is 9.10. The highest BCUT2D eigenvalue weighted by Gasteiger charge is 2.19. The van der Waals surface area contributed by atoms with Crippen LogP contribution in [0.15, 0.2) is 34.0 Å². The molecule has 19 heavy (non-hydrogen) atoms. The average molecular weight is 365 g/mol. The SMILES string of the molecule is O=[N+]([O-])c1cnc(NS(=O)(=O)c2cncc(Br)c2)s1. The Kier molecular flexibility index (Phi) is 3.78. The summed E-state index contributed by atoms with van der Waals surface area (Å²) in [4.78, 5) is 17.1. The van der Waals surface area contributed by atoms with Gasteiger partial charge in [-0.25, -0.2) is 13.4 Å². The molecule has 0 atom stereocenters. The number of halogens is 1. The molecule has 0 unspecified atom stereocenters. The van der Waals surface area contributed by atoms with E-state index in [2.05, 4.69) is 30.6 Å². The third-order valence-corrected chi connectivity index (χ3v) is 4.62. The summed E-state index contributed by atoms with van der Waals surface area (Å²) in [6.07, 6.45) is 3.59. The molecular formula is C8H5BrN4O4S2. The highest BCUT2D eigenvalue weighted by atomic mass is 79.9. The van der Waals surface area contributed by atoms with Crippen LogP contribution >= 0.6 is 27.3 Å². The van der Waals surface area contributed by atoms with Gasteiger partial charge in [-0.15, -0.1) is 0 Å². The van der Waals surface area contributed by atoms with E-state index in [4.69, 9.17) is 0 Å². The van der Waals surface area contributed by atoms with E-state index in [-0.39, 0.29) is 15.0 Å². The van der Waals surface area contributed by atoms with E-state index >= 15 is 0 Å². The van der Waals surface area contributed by atoms with Gasteiger partial charge in [0.1, 0.15) is 11.1 Å². The summed E-state index contributed by atoms with van der Waals surface area (Å²) < 4.78 is 26.6. The first-order valence-corrected chi connectivity index (χ1v) is 7.71. The third-order valence-electron chi connectivity index (χ3n) is 1.89. The smallest absolute Gasteiger partial charge is 0.262 e. The molecule has 0 aliphatic heterocycles. The van der Waals surface area contributed by atoms with Crippen LogP contribution in [0.5, 0.6) is 0 Å². The average Bonchev–Trinajstić information content (AvgIpc) is 2.77. The van der Waals surface area contributed by atoms with Crippen molar-refractivity contribution >= 4 is 47.4 Å². The van der Waals surface area contributed by atoms with Crippen LogP contribution in [-0.4, -0.2) is 23.3 Å². The third kappa shape index (κ3) is 3.24. The number of nitrogens with one attached hydrogen (secondary N) is 1. The lowest BCUT2D eigenvalue weighted by Crippen LogP contribution is -2.12. The van der Waals surface area contributed by atoms with Crippen LogP contribution in [0.3, 0.4) is 0 Å². The van der Waals surface area contributed by atoms with Crippen LogP contribution in [-0.2, 0) is 10.0 Å². The molecule has 0 aliphatic carbocycles. The topological polar surface area (TPSA) is 115 Å². The summed E-state index contributed by atoms with van der Waals surface area (Å²) in [5.74, 6) is 0. The first-order chi connectivity index (χ1) is 8.88. The van der Waals surface area contributed by atoms with E-state index < -0.39 is 14.9 Å². The Balaban J connectivity index is 2.28. The number of aromatic nitrogens is 2. The molecule has 1 N–H and O–H groups in total. The van der Waals surface area contributed by atoms with Crippen molar-refractivity contribution in [2.24, 2.45) is 0 Å². The molecule has 100 valence electrons. The van der Waals surface area contributed by atoms with Crippen LogP contribution < -0.4 is 4.72 Å². The van der Waals surface area contributed by atoms with Crippen LogP contribution in [0.4, 0.5) is 10.1 Å². The van der Waals surface area contributed by atoms with Gasteiger partial charge in [-0.2, -0.15) is 0 Å². The van der Waals surface area contributed by atoms with Gasteiger partial charge in [-0.3, -0.25) is 19.8 Å². The maximum absolute atomic E-state index is 12.0. The van der Waals surface area contributed by atoms with Crippen molar-refractivity contribution in [3.05, 3.63) is 39.2 Å². The molecule has 2 aromatic rings. The van der Waals surface area contributed by atoms with Crippen molar-refractivity contribution in [3.63, 3.8) is 0 Å². The van der Waals surface area contributed by atoms with Crippen molar-refractivity contribution in [1.29, 1.82) is 0 Å². The zero-order valence-corrected chi connectivity index (χ0v) is 12.2. The fraction of sp³-hybridized carbons (Fsp3) is 0. The van der Waals surface area contributed by atoms with Gasteiger partial charge >= 0.3 is 5.00 Å². The van der Waals surface area contributed by atoms with Gasteiger partial charge in [0.25, 0.3) is 10.0 Å². The number of nitrogens with zero attached hydrogens (tertiary/aromatic N) is 3. The Bertz CT molecular complexity index is 730. The zero-order chi connectivity index (χ0) is 14.0. The molecule has 2 rings (SSSR count). The standard InChI is InChI=1S/C8H5BrN4O4S2/c9-5-1-6(3-10-2-5)19(16,17)12-8-11-4-7(18-8)13(14)15/h1-4H,(H,11,12). The van der Waals surface area contributed by atoms with Crippen molar-refractivity contribution in [1.82, 2.24) is 9.97 Å². The number of hydrogen-bond donors (Lipinski definition) is 1. The second kappa shape index (κ2) is 5.19. The highest BCUT2D eigenvalue weighted by Crippen LogP contribution is 2.27. The lowest BCUT2D eigenvalue weighted by atomic mass is 10.5. The number of thiazole rings is 1. The van der Waals surface area contributed by atoms with Crippen LogP contribution in [0.1, 0.15) is 0 Å². The lowest BCUT2D eigenvalue weighted by Gasteiger charge is -2.04. The van der Waals surface area contributed by atoms with Crippen LogP contribution in [0, 0.1) is 10.1 Å². The minimum atomic E-state index is -3.87. The fourth-order valence-electron chi connectivity index (χ4n) is 1.11. The van der Waals surface area contributed by atoms with Gasteiger partial charge in [-0.05, 0) is 33.3 Å². The molecule has 0 saturated carbocycles. The quantitative estimate of drug-likeness (QED) is 0.655. The monoisotopic (exact) mass is 364 g/mol. The Morgan fingerprint density at radius 2 is 2.11 bits per heavy atom. The van der Waals surface area contributed by atoms with Crippen molar-refractivity contribution in [2.45, 2.75) is 4.90 Å². The first kappa shape index (κ1) is 13.8. The molecule has 0 aromatic carbocycles. The van der Waals surface area contributed by atoms with E-state index in [9.17, 15) is 18.5 Å². The van der Waals surface area contributed by atoms with E-state index in [1.165, 1.54) is 12.3 Å². The molecule has 0 saturated heterocycles. The number of anilines is 1. The van der Waals surface area contributed by atoms with Gasteiger partial charge in [0.05, 0.1) is 4.92 Å². The largest absolute Gasteiger partial charge is 0.345 e. The van der Waals surface area contributed by atoms with Gasteiger partial charge in [0.2, 0.25) is 5.13 Å². The van der Waals surface area contributed by atoms with Crippen molar-refractivity contribution in [3.8, 4) is 0 Å². The number of pyridine rings is 1. The van der Waals surface area contributed by atoms with Crippen LogP contribution in [0.2, 0.25) is 0 Å². The molecule has 0 aliphatic rings. The Morgan fingerprint density at radius 3 is 2.68 bits per heavy atom. The maximum atomic E-state index is 12.0. The van der Waals surface area contributed by atoms with Crippen molar-refractivity contribution in [2.75, 3.05) is 4.72 Å². The summed E-state index contributed by atoms with van der Waals surface area (Å²) >= 11 is 3.74. The first-order valence-electron chi connectivity index (χ1n) is 4.62. The van der Waals surface area contributed by atoms with Gasteiger partial charge in [0, 0.05) is 16.9 Å². The molecule has 2 heterocycles. The minimum absolute atomic E-state index is 0.0697. The van der Waals surface area contributed by atoms with E-state index in [0.29, 0.717) is 15.8 Å². The molecule has 11 heteroatoms. The van der Waals surface area contributed by atoms with Gasteiger partial charge in [0.15, 0.2) is 0 Å². The summed E-state index contributed by atoms with van der Waals surface area (Å²) in [5, 5.41) is 10.2. The van der Waals surface area contributed by atoms with Crippen molar-refractivity contribution < 1.29 is 13.3 Å². The number of sulfonamides is 1. The summed E-state index contributed by atoms with van der Waals surface area (Å²) in [6.45, 7) is 0. The second-order valence-electron chi connectivity index (χ2n) is 3.21. The number of rotatable bonds is 4. The predicted molar refractivity (Wildman–Crippen MR) is 71.5 cm³/mol. The minimum Gasteiger partial charge on any atom is -0.262 e. The Hall–Kier alpha value is -1.59. The molecule has 2 aromatic heterocycles. The summed E-state index contributed by atoms with van der Waals surface area (Å²) in [5.41, 5.74) is 0. The van der Waals surface area contributed by atoms with Crippen LogP contribution in [0.25, 0.3) is 0 Å². The number of hydrogen-bond acceptors (Lipinski definition) is 7. The molecule has 0 spiro atoms. The molecule has 0 bridgehead atoms. The molecule has 0 fully saturated rings. The lowest BCUT2D eigenvalue weighted by molar-refractivity contribution is -0.380. The molecule has 0 radical (unpaired) electrons. The van der Waals surface area contributed by atoms with E-state index in [1.807, 2.05) is 0 Å². The summed E-state index contributed by atoms with van der Waals surface area (Å²) in [7, 11) is -3.87. The Morgan fingerprint density at radius 1 is 1.37 bits per heavy atom. The molecular weight excluding hydrogens is 360 g/mol. The maximum Gasteiger partial charge on any atom is 0.345 e. The second-order valence-corrected chi connectivity index (χ2v) is 6.81. The normalized spacial score (nSPS) is 11.2. The predicted octanol–water partition coefficient (Wildman–Crippen LogP) is 2.01. The Labute approximate surface area is 119 Å².